The number of rotatable bonds is 4. The number of fused-ring (bicyclic) bond motifs is 2. The summed E-state index contributed by atoms with van der Waals surface area (Å²) in [4.78, 5) is 22.1. The molecule has 12 nitrogen and oxygen atoms in total. The zero-order valence-electron chi connectivity index (χ0n) is 20.4. The van der Waals surface area contributed by atoms with Crippen LogP contribution in [0.5, 0.6) is 0 Å². The van der Waals surface area contributed by atoms with Crippen molar-refractivity contribution in [1.82, 2.24) is 40.7 Å². The summed E-state index contributed by atoms with van der Waals surface area (Å²) in [6.07, 6.45) is 1.82. The van der Waals surface area contributed by atoms with Gasteiger partial charge in [0.25, 0.3) is 5.91 Å². The van der Waals surface area contributed by atoms with Gasteiger partial charge in [0.05, 0.1) is 17.1 Å². The van der Waals surface area contributed by atoms with Crippen molar-refractivity contribution in [3.63, 3.8) is 0 Å². The first kappa shape index (κ1) is 22.2. The Kier molecular flexibility index (Phi) is 5.37. The molecule has 184 valence electrons. The van der Waals surface area contributed by atoms with Crippen molar-refractivity contribution in [2.75, 3.05) is 48.3 Å². The third kappa shape index (κ3) is 3.66. The van der Waals surface area contributed by atoms with Crippen molar-refractivity contribution in [3.05, 3.63) is 47.8 Å². The second kappa shape index (κ2) is 8.72. The number of amides is 1. The van der Waals surface area contributed by atoms with Gasteiger partial charge in [0, 0.05) is 61.8 Å². The summed E-state index contributed by atoms with van der Waals surface area (Å²) in [6, 6.07) is 9.49. The van der Waals surface area contributed by atoms with Crippen LogP contribution in [0.15, 0.2) is 47.8 Å². The van der Waals surface area contributed by atoms with Crippen LogP contribution in [-0.2, 0) is 4.79 Å². The van der Waals surface area contributed by atoms with Crippen LogP contribution in [0.3, 0.4) is 0 Å². The van der Waals surface area contributed by atoms with Crippen LogP contribution >= 0.6 is 0 Å². The number of aromatic nitrogens is 7. The van der Waals surface area contributed by atoms with E-state index in [2.05, 4.69) is 52.3 Å². The highest BCUT2D eigenvalue weighted by Gasteiger charge is 2.32. The Morgan fingerprint density at radius 2 is 2.00 bits per heavy atom. The molecule has 5 heterocycles. The molecule has 3 aromatic heterocycles. The van der Waals surface area contributed by atoms with Crippen LogP contribution in [0.2, 0.25) is 0 Å². The number of H-pyrrole nitrogens is 1. The smallest absolute Gasteiger partial charge is 0.255 e. The van der Waals surface area contributed by atoms with Gasteiger partial charge in [-0.25, -0.2) is 9.67 Å². The van der Waals surface area contributed by atoms with E-state index >= 15 is 0 Å². The highest BCUT2D eigenvalue weighted by Crippen LogP contribution is 2.34. The Hall–Kier alpha value is -4.32. The predicted molar refractivity (Wildman–Crippen MR) is 137 cm³/mol. The number of allylic oxidation sites excluding steroid dienone is 1. The molecular formula is C24H27N11O. The summed E-state index contributed by atoms with van der Waals surface area (Å²) in [5.41, 5.74) is 4.79. The second-order valence-electron chi connectivity index (χ2n) is 9.08. The third-order valence-electron chi connectivity index (χ3n) is 6.98. The zero-order chi connectivity index (χ0) is 24.8. The van der Waals surface area contributed by atoms with Gasteiger partial charge >= 0.3 is 0 Å². The Morgan fingerprint density at radius 3 is 2.83 bits per heavy atom. The van der Waals surface area contributed by atoms with Gasteiger partial charge in [-0.05, 0) is 54.6 Å². The van der Waals surface area contributed by atoms with Gasteiger partial charge in [-0.15, -0.1) is 0 Å². The molecule has 6 rings (SSSR count). The molecule has 0 saturated carbocycles. The lowest BCUT2D eigenvalue weighted by molar-refractivity contribution is -0.113. The highest BCUT2D eigenvalue weighted by atomic mass is 16.1. The molecule has 4 aromatic rings. The molecule has 1 aromatic carbocycles. The van der Waals surface area contributed by atoms with E-state index in [1.807, 2.05) is 56.3 Å². The number of carbonyl (C=O) groups is 1. The molecule has 0 radical (unpaired) electrons. The monoisotopic (exact) mass is 485 g/mol. The van der Waals surface area contributed by atoms with Crippen LogP contribution in [0, 0.1) is 0 Å². The van der Waals surface area contributed by atoms with E-state index in [-0.39, 0.29) is 11.9 Å². The summed E-state index contributed by atoms with van der Waals surface area (Å²) in [6.45, 7) is 7.55. The number of piperazine rings is 1. The van der Waals surface area contributed by atoms with E-state index < -0.39 is 0 Å². The number of carbonyl (C=O) groups excluding carboxylic acids is 1. The number of hydrogen-bond donors (Lipinski definition) is 3. The molecule has 1 fully saturated rings. The molecule has 36 heavy (non-hydrogen) atoms. The molecular weight excluding hydrogens is 458 g/mol. The third-order valence-corrected chi connectivity index (χ3v) is 6.98. The van der Waals surface area contributed by atoms with E-state index in [9.17, 15) is 4.79 Å². The van der Waals surface area contributed by atoms with Gasteiger partial charge < -0.3 is 20.4 Å². The minimum absolute atomic E-state index is 0.192. The van der Waals surface area contributed by atoms with Gasteiger partial charge in [-0.3, -0.25) is 9.89 Å². The highest BCUT2D eigenvalue weighted by molar-refractivity contribution is 6.07. The molecule has 1 saturated heterocycles. The molecule has 3 N–H and O–H groups in total. The average Bonchev–Trinajstić information content (AvgIpc) is 3.56. The lowest BCUT2D eigenvalue weighted by atomic mass is 10.0. The summed E-state index contributed by atoms with van der Waals surface area (Å²) in [5.74, 6) is 1.36. The fraction of sp³-hybridized carbons (Fsp3) is 0.333. The summed E-state index contributed by atoms with van der Waals surface area (Å²) in [7, 11) is 1.85. The molecule has 0 spiro atoms. The van der Waals surface area contributed by atoms with E-state index in [1.54, 1.807) is 4.68 Å². The van der Waals surface area contributed by atoms with Crippen molar-refractivity contribution < 1.29 is 4.79 Å². The molecule has 1 amide bonds. The first-order chi connectivity index (χ1) is 17.5. The minimum Gasteiger partial charge on any atom is -0.354 e. The normalized spacial score (nSPS) is 18.0. The standard InChI is InChI=1S/C24H27N11O/c1-14-21(15(2)35-24(33(14)3)30-31-32-35)23(36)27-17-4-5-19-18(13-17)22(29-28-19)16-6-7-26-20(12-16)34-10-8-25-9-11-34/h4-7,12-13,15,25H,8-11H2,1-3H3,(H,27,36)(H,28,29)/t15-/m0/s1. The number of aromatic amines is 1. The van der Waals surface area contributed by atoms with Crippen LogP contribution in [0.1, 0.15) is 19.9 Å². The lowest BCUT2D eigenvalue weighted by Gasteiger charge is -2.30. The van der Waals surface area contributed by atoms with Gasteiger partial charge in [0.2, 0.25) is 5.95 Å². The number of anilines is 3. The predicted octanol–water partition coefficient (Wildman–Crippen LogP) is 1.94. The molecule has 2 aliphatic rings. The van der Waals surface area contributed by atoms with Crippen LogP contribution in [0.4, 0.5) is 17.5 Å². The Labute approximate surface area is 207 Å². The van der Waals surface area contributed by atoms with Crippen molar-refractivity contribution in [2.24, 2.45) is 0 Å². The Bertz CT molecular complexity index is 1480. The maximum Gasteiger partial charge on any atom is 0.255 e. The summed E-state index contributed by atoms with van der Waals surface area (Å²) < 4.78 is 1.65. The van der Waals surface area contributed by atoms with E-state index in [1.165, 1.54) is 0 Å². The first-order valence-corrected chi connectivity index (χ1v) is 11.9. The van der Waals surface area contributed by atoms with Crippen molar-refractivity contribution >= 4 is 34.3 Å². The number of hydrogen-bond acceptors (Lipinski definition) is 9. The van der Waals surface area contributed by atoms with Crippen LogP contribution in [-0.4, -0.2) is 74.5 Å². The van der Waals surface area contributed by atoms with Crippen LogP contribution < -0.4 is 20.4 Å². The summed E-state index contributed by atoms with van der Waals surface area (Å²) >= 11 is 0. The molecule has 0 unspecified atom stereocenters. The number of tetrazole rings is 1. The zero-order valence-corrected chi connectivity index (χ0v) is 20.4. The molecule has 1 atom stereocenters. The largest absolute Gasteiger partial charge is 0.354 e. The van der Waals surface area contributed by atoms with Crippen molar-refractivity contribution in [2.45, 2.75) is 19.9 Å². The van der Waals surface area contributed by atoms with Crippen molar-refractivity contribution in [3.8, 4) is 11.3 Å². The molecule has 0 bridgehead atoms. The summed E-state index contributed by atoms with van der Waals surface area (Å²) in [5, 5.41) is 26.9. The number of pyridine rings is 1. The Morgan fingerprint density at radius 1 is 1.17 bits per heavy atom. The van der Waals surface area contributed by atoms with Gasteiger partial charge in [0.1, 0.15) is 11.5 Å². The molecule has 0 aliphatic carbocycles. The number of nitrogens with one attached hydrogen (secondary N) is 3. The van der Waals surface area contributed by atoms with Gasteiger partial charge in [-0.1, -0.05) is 5.10 Å². The molecule has 2 aliphatic heterocycles. The maximum absolute atomic E-state index is 13.4. The van der Waals surface area contributed by atoms with Crippen LogP contribution in [0.25, 0.3) is 22.2 Å². The maximum atomic E-state index is 13.4. The lowest BCUT2D eigenvalue weighted by Crippen LogP contribution is -2.43. The topological polar surface area (TPSA) is 133 Å². The minimum atomic E-state index is -0.292. The Balaban J connectivity index is 1.30. The molecule has 12 heteroatoms. The fourth-order valence-electron chi connectivity index (χ4n) is 4.91. The number of benzene rings is 1. The second-order valence-corrected chi connectivity index (χ2v) is 9.08. The van der Waals surface area contributed by atoms with Crippen molar-refractivity contribution in [1.29, 1.82) is 0 Å². The first-order valence-electron chi connectivity index (χ1n) is 11.9. The van der Waals surface area contributed by atoms with E-state index in [0.29, 0.717) is 17.2 Å². The average molecular weight is 486 g/mol. The number of nitrogens with zero attached hydrogens (tertiary/aromatic N) is 8. The SMILES string of the molecule is CC1=C(C(=O)Nc2ccc3[nH]nc(-c4ccnc(N5CCNCC5)c4)c3c2)[C@H](C)n2nnnc2N1C. The fourth-order valence-corrected chi connectivity index (χ4v) is 4.91. The van der Waals surface area contributed by atoms with Gasteiger partial charge in [0.15, 0.2) is 0 Å². The quantitative estimate of drug-likeness (QED) is 0.397. The van der Waals surface area contributed by atoms with E-state index in [0.717, 1.165) is 59.9 Å². The van der Waals surface area contributed by atoms with E-state index in [4.69, 9.17) is 0 Å². The van der Waals surface area contributed by atoms with Gasteiger partial charge in [-0.2, -0.15) is 5.10 Å².